The Labute approximate surface area is 192 Å². The molecule has 4 aromatic rings. The zero-order valence-electron chi connectivity index (χ0n) is 18.7. The molecule has 0 N–H and O–H groups in total. The second-order valence-corrected chi connectivity index (χ2v) is 7.65. The van der Waals surface area contributed by atoms with Gasteiger partial charge < -0.3 is 9.47 Å². The highest BCUT2D eigenvalue weighted by Gasteiger charge is 2.16. The van der Waals surface area contributed by atoms with Crippen molar-refractivity contribution < 1.29 is 14.3 Å². The van der Waals surface area contributed by atoms with E-state index < -0.39 is 5.91 Å². The van der Waals surface area contributed by atoms with Gasteiger partial charge in [0.05, 0.1) is 12.8 Å². The molecule has 0 atom stereocenters. The van der Waals surface area contributed by atoms with Crippen LogP contribution >= 0.6 is 0 Å². The molecule has 0 amide bonds. The molecule has 0 aliphatic carbocycles. The molecular weight excluding hydrogens is 414 g/mol. The normalized spacial score (nSPS) is 11.3. The fourth-order valence-corrected chi connectivity index (χ4v) is 3.72. The Morgan fingerprint density at radius 1 is 1.06 bits per heavy atom. The maximum absolute atomic E-state index is 12.8. The van der Waals surface area contributed by atoms with Gasteiger partial charge in [-0.1, -0.05) is 48.5 Å². The number of aryl methyl sites for hydroxylation is 2. The summed E-state index contributed by atoms with van der Waals surface area (Å²) in [5.41, 5.74) is 3.09. The van der Waals surface area contributed by atoms with Crippen molar-refractivity contribution in [3.63, 3.8) is 0 Å². The first kappa shape index (κ1) is 21.8. The maximum Gasteiger partial charge on any atom is 0.289 e. The Morgan fingerprint density at radius 2 is 1.85 bits per heavy atom. The summed E-state index contributed by atoms with van der Waals surface area (Å²) in [6.45, 7) is 3.96. The van der Waals surface area contributed by atoms with E-state index in [-0.39, 0.29) is 5.57 Å². The molecule has 6 nitrogen and oxygen atoms in total. The molecule has 0 fully saturated rings. The van der Waals surface area contributed by atoms with E-state index in [4.69, 9.17) is 9.47 Å². The summed E-state index contributed by atoms with van der Waals surface area (Å²) in [5, 5.41) is 16.0. The van der Waals surface area contributed by atoms with Crippen molar-refractivity contribution in [1.29, 1.82) is 5.26 Å². The number of hydrogen-bond donors (Lipinski definition) is 0. The summed E-state index contributed by atoms with van der Waals surface area (Å²) in [4.78, 5) is 12.8. The number of carbonyl (C=O) groups excluding carboxylic acids is 1. The minimum atomic E-state index is -0.474. The topological polar surface area (TPSA) is 77.1 Å². The average Bonchev–Trinajstić information content (AvgIpc) is 3.18. The highest BCUT2D eigenvalue weighted by atomic mass is 16.5. The van der Waals surface area contributed by atoms with Crippen molar-refractivity contribution in [2.45, 2.75) is 20.5 Å². The van der Waals surface area contributed by atoms with Gasteiger partial charge >= 0.3 is 0 Å². The minimum Gasteiger partial charge on any atom is -0.493 e. The number of hydrogen-bond acceptors (Lipinski definition) is 5. The van der Waals surface area contributed by atoms with E-state index in [1.807, 2.05) is 30.3 Å². The van der Waals surface area contributed by atoms with E-state index in [1.54, 1.807) is 45.2 Å². The summed E-state index contributed by atoms with van der Waals surface area (Å²) in [7, 11) is 1.56. The zero-order valence-corrected chi connectivity index (χ0v) is 18.7. The minimum absolute atomic E-state index is 0.0207. The SMILES string of the molecule is COc1cc(/C=C(\C#N)C(=O)n2nc(C)cc2C)ccc1OCc1cccc2ccccc12. The first-order chi connectivity index (χ1) is 16.0. The number of nitriles is 1. The van der Waals surface area contributed by atoms with E-state index in [1.165, 1.54) is 10.8 Å². The largest absolute Gasteiger partial charge is 0.493 e. The summed E-state index contributed by atoms with van der Waals surface area (Å²) in [6, 6.07) is 23.3. The molecule has 1 aromatic heterocycles. The summed E-state index contributed by atoms with van der Waals surface area (Å²) in [6.07, 6.45) is 1.52. The number of aromatic nitrogens is 2. The molecule has 0 bridgehead atoms. The van der Waals surface area contributed by atoms with Crippen LogP contribution in [0.2, 0.25) is 0 Å². The van der Waals surface area contributed by atoms with Crippen molar-refractivity contribution in [3.05, 3.63) is 94.8 Å². The number of ether oxygens (including phenoxy) is 2. The summed E-state index contributed by atoms with van der Waals surface area (Å²) >= 11 is 0. The van der Waals surface area contributed by atoms with Gasteiger partial charge in [0, 0.05) is 5.69 Å². The van der Waals surface area contributed by atoms with E-state index in [9.17, 15) is 10.1 Å². The first-order valence-corrected chi connectivity index (χ1v) is 10.5. The number of nitrogens with zero attached hydrogens (tertiary/aromatic N) is 3. The van der Waals surface area contributed by atoms with Crippen LogP contribution in [0.25, 0.3) is 16.8 Å². The predicted molar refractivity (Wildman–Crippen MR) is 127 cm³/mol. The third-order valence-electron chi connectivity index (χ3n) is 5.31. The Bertz CT molecular complexity index is 1400. The van der Waals surface area contributed by atoms with Gasteiger partial charge in [-0.25, -0.2) is 4.68 Å². The third kappa shape index (κ3) is 4.63. The fourth-order valence-electron chi connectivity index (χ4n) is 3.72. The predicted octanol–water partition coefficient (Wildman–Crippen LogP) is 5.49. The smallest absolute Gasteiger partial charge is 0.289 e. The van der Waals surface area contributed by atoms with Crippen LogP contribution in [0.4, 0.5) is 0 Å². The van der Waals surface area contributed by atoms with E-state index in [0.29, 0.717) is 35.1 Å². The van der Waals surface area contributed by atoms with Gasteiger partial charge in [-0.05, 0) is 60.0 Å². The molecule has 0 saturated heterocycles. The fraction of sp³-hybridized carbons (Fsp3) is 0.148. The van der Waals surface area contributed by atoms with Crippen molar-refractivity contribution in [3.8, 4) is 17.6 Å². The lowest BCUT2D eigenvalue weighted by Crippen LogP contribution is -2.15. The lowest BCUT2D eigenvalue weighted by atomic mass is 10.1. The monoisotopic (exact) mass is 437 g/mol. The molecule has 1 heterocycles. The molecule has 33 heavy (non-hydrogen) atoms. The molecular formula is C27H23N3O3. The van der Waals surface area contributed by atoms with Gasteiger partial charge in [-0.2, -0.15) is 10.4 Å². The van der Waals surface area contributed by atoms with Crippen molar-refractivity contribution in [2.75, 3.05) is 7.11 Å². The van der Waals surface area contributed by atoms with Gasteiger partial charge in [-0.3, -0.25) is 4.79 Å². The van der Waals surface area contributed by atoms with E-state index in [2.05, 4.69) is 23.3 Å². The lowest BCUT2D eigenvalue weighted by Gasteiger charge is -2.13. The second-order valence-electron chi connectivity index (χ2n) is 7.65. The van der Waals surface area contributed by atoms with E-state index in [0.717, 1.165) is 16.3 Å². The number of rotatable bonds is 6. The van der Waals surface area contributed by atoms with Gasteiger partial charge in [0.25, 0.3) is 5.91 Å². The maximum atomic E-state index is 12.8. The van der Waals surface area contributed by atoms with Crippen LogP contribution in [0.5, 0.6) is 11.5 Å². The van der Waals surface area contributed by atoms with Crippen LogP contribution < -0.4 is 9.47 Å². The van der Waals surface area contributed by atoms with Crippen LogP contribution in [0.3, 0.4) is 0 Å². The van der Waals surface area contributed by atoms with Crippen LogP contribution in [-0.4, -0.2) is 22.8 Å². The molecule has 6 heteroatoms. The molecule has 0 saturated carbocycles. The quantitative estimate of drug-likeness (QED) is 0.295. The molecule has 3 aromatic carbocycles. The molecule has 0 radical (unpaired) electrons. The Hall–Kier alpha value is -4.37. The Kier molecular flexibility index (Phi) is 6.23. The number of benzene rings is 3. The average molecular weight is 437 g/mol. The number of methoxy groups -OCH3 is 1. The molecule has 0 aliphatic rings. The summed E-state index contributed by atoms with van der Waals surface area (Å²) in [5.74, 6) is 0.615. The van der Waals surface area contributed by atoms with Crippen LogP contribution in [0.15, 0.2) is 72.3 Å². The van der Waals surface area contributed by atoms with Gasteiger partial charge in [0.2, 0.25) is 0 Å². The zero-order chi connectivity index (χ0) is 23.4. The van der Waals surface area contributed by atoms with Crippen molar-refractivity contribution in [2.24, 2.45) is 0 Å². The Balaban J connectivity index is 1.58. The van der Waals surface area contributed by atoms with E-state index >= 15 is 0 Å². The number of allylic oxidation sites excluding steroid dienone is 1. The standard InChI is InChI=1S/C27H23N3O3/c1-18-13-19(2)30(29-18)27(31)23(16-28)14-20-11-12-25(26(15-20)32-3)33-17-22-9-6-8-21-7-4-5-10-24(21)22/h4-15H,17H2,1-3H3/b23-14+. The second kappa shape index (κ2) is 9.41. The highest BCUT2D eigenvalue weighted by Crippen LogP contribution is 2.30. The van der Waals surface area contributed by atoms with Gasteiger partial charge in [0.15, 0.2) is 11.5 Å². The molecule has 0 aliphatic heterocycles. The molecule has 0 unspecified atom stereocenters. The molecule has 0 spiro atoms. The Morgan fingerprint density at radius 3 is 2.58 bits per heavy atom. The van der Waals surface area contributed by atoms with Crippen molar-refractivity contribution in [1.82, 2.24) is 9.78 Å². The molecule has 164 valence electrons. The number of carbonyl (C=O) groups is 1. The number of fused-ring (bicyclic) bond motifs is 1. The first-order valence-electron chi connectivity index (χ1n) is 10.5. The van der Waals surface area contributed by atoms with Crippen LogP contribution in [-0.2, 0) is 6.61 Å². The van der Waals surface area contributed by atoms with Crippen LogP contribution in [0.1, 0.15) is 27.3 Å². The van der Waals surface area contributed by atoms with Crippen molar-refractivity contribution >= 4 is 22.8 Å². The lowest BCUT2D eigenvalue weighted by molar-refractivity contribution is 0.0943. The summed E-state index contributed by atoms with van der Waals surface area (Å²) < 4.78 is 12.8. The molecule has 4 rings (SSSR count). The third-order valence-corrected chi connectivity index (χ3v) is 5.31. The highest BCUT2D eigenvalue weighted by molar-refractivity contribution is 6.03. The van der Waals surface area contributed by atoms with Gasteiger partial charge in [-0.15, -0.1) is 0 Å². The van der Waals surface area contributed by atoms with Gasteiger partial charge in [0.1, 0.15) is 18.2 Å². The van der Waals surface area contributed by atoms with Crippen LogP contribution in [0, 0.1) is 25.2 Å².